The Kier molecular flexibility index (Phi) is 5.27. The topological polar surface area (TPSA) is 110 Å². The van der Waals surface area contributed by atoms with Gasteiger partial charge in [0.15, 0.2) is 5.65 Å². The van der Waals surface area contributed by atoms with Crippen LogP contribution in [0.4, 0.5) is 5.95 Å². The normalized spacial score (nSPS) is 18.7. The number of rotatable bonds is 5. The summed E-state index contributed by atoms with van der Waals surface area (Å²) in [4.78, 5) is 22.5. The molecule has 162 valence electrons. The Morgan fingerprint density at radius 2 is 2.06 bits per heavy atom. The molecule has 32 heavy (non-hydrogen) atoms. The molecule has 1 aliphatic rings. The zero-order valence-electron chi connectivity index (χ0n) is 18.2. The molecule has 0 unspecified atom stereocenters. The number of nitrogens with one attached hydrogen (secondary N) is 1. The SMILES string of the molecule is CC(C)n1cnc(-c2nc(N[C@@H]3CCC[C@H](n4cnc5cccnc54)C3)ncc2C#N)c1. The minimum Gasteiger partial charge on any atom is -0.351 e. The minimum absolute atomic E-state index is 0.226. The Hall–Kier alpha value is -3.80. The maximum Gasteiger partial charge on any atom is 0.223 e. The van der Waals surface area contributed by atoms with E-state index in [9.17, 15) is 5.26 Å². The van der Waals surface area contributed by atoms with Crippen molar-refractivity contribution in [3.8, 4) is 17.5 Å². The highest BCUT2D eigenvalue weighted by molar-refractivity contribution is 5.70. The Morgan fingerprint density at radius 1 is 1.16 bits per heavy atom. The molecule has 0 spiro atoms. The molecule has 2 atom stereocenters. The summed E-state index contributed by atoms with van der Waals surface area (Å²) in [5.41, 5.74) is 3.50. The fraction of sp³-hybridized carbons (Fsp3) is 0.391. The van der Waals surface area contributed by atoms with Crippen LogP contribution in [0.15, 0.2) is 43.4 Å². The summed E-state index contributed by atoms with van der Waals surface area (Å²) >= 11 is 0. The van der Waals surface area contributed by atoms with Gasteiger partial charge in [-0.15, -0.1) is 0 Å². The first kappa shape index (κ1) is 20.1. The lowest BCUT2D eigenvalue weighted by molar-refractivity contribution is 0.335. The first-order chi connectivity index (χ1) is 15.6. The van der Waals surface area contributed by atoms with Crippen molar-refractivity contribution in [1.29, 1.82) is 5.26 Å². The van der Waals surface area contributed by atoms with Crippen LogP contribution in [0.25, 0.3) is 22.6 Å². The van der Waals surface area contributed by atoms with Crippen LogP contribution in [-0.4, -0.2) is 40.1 Å². The van der Waals surface area contributed by atoms with Crippen LogP contribution in [0.2, 0.25) is 0 Å². The number of hydrogen-bond acceptors (Lipinski definition) is 7. The number of fused-ring (bicyclic) bond motifs is 1. The van der Waals surface area contributed by atoms with Crippen LogP contribution in [0, 0.1) is 11.3 Å². The highest BCUT2D eigenvalue weighted by atomic mass is 15.2. The molecule has 0 aromatic carbocycles. The quantitative estimate of drug-likeness (QED) is 0.510. The van der Waals surface area contributed by atoms with Crippen molar-refractivity contribution in [1.82, 2.24) is 34.1 Å². The molecule has 0 amide bonds. The van der Waals surface area contributed by atoms with E-state index < -0.39 is 0 Å². The molecule has 4 aromatic rings. The standard InChI is InChI=1S/C23H25N9/c1-15(2)31-12-20(27-13-31)21-16(10-24)11-26-23(30-21)29-17-5-3-6-18(9-17)32-14-28-19-7-4-8-25-22(19)32/h4,7-8,11-15,17-18H,3,5-6,9H2,1-2H3,(H,26,29,30)/t17-,18+/m1/s1. The molecule has 0 aliphatic heterocycles. The summed E-state index contributed by atoms with van der Waals surface area (Å²) < 4.78 is 4.19. The van der Waals surface area contributed by atoms with Gasteiger partial charge in [-0.05, 0) is 51.7 Å². The lowest BCUT2D eigenvalue weighted by Gasteiger charge is -2.30. The number of nitrogens with zero attached hydrogens (tertiary/aromatic N) is 8. The molecule has 9 heteroatoms. The lowest BCUT2D eigenvalue weighted by Crippen LogP contribution is -2.29. The number of nitriles is 1. The summed E-state index contributed by atoms with van der Waals surface area (Å²) in [6.45, 7) is 4.17. The molecule has 5 rings (SSSR count). The Labute approximate surface area is 186 Å². The van der Waals surface area contributed by atoms with Gasteiger partial charge in [0, 0.05) is 30.5 Å². The highest BCUT2D eigenvalue weighted by Crippen LogP contribution is 2.32. The van der Waals surface area contributed by atoms with Crippen LogP contribution >= 0.6 is 0 Å². The van der Waals surface area contributed by atoms with Gasteiger partial charge in [0.2, 0.25) is 5.95 Å². The van der Waals surface area contributed by atoms with E-state index >= 15 is 0 Å². The van der Waals surface area contributed by atoms with Crippen LogP contribution in [0.1, 0.15) is 57.2 Å². The van der Waals surface area contributed by atoms with Gasteiger partial charge in [-0.3, -0.25) is 0 Å². The van der Waals surface area contributed by atoms with Crippen molar-refractivity contribution in [2.75, 3.05) is 5.32 Å². The second kappa shape index (κ2) is 8.38. The zero-order valence-corrected chi connectivity index (χ0v) is 18.2. The molecular weight excluding hydrogens is 402 g/mol. The third-order valence-corrected chi connectivity index (χ3v) is 6.05. The summed E-state index contributed by atoms with van der Waals surface area (Å²) in [6.07, 6.45) is 13.1. The molecule has 1 saturated carbocycles. The van der Waals surface area contributed by atoms with Gasteiger partial charge in [-0.2, -0.15) is 5.26 Å². The third kappa shape index (κ3) is 3.80. The van der Waals surface area contributed by atoms with E-state index in [0.29, 0.717) is 28.9 Å². The van der Waals surface area contributed by atoms with Gasteiger partial charge in [-0.1, -0.05) is 0 Å². The van der Waals surface area contributed by atoms with Crippen molar-refractivity contribution in [3.63, 3.8) is 0 Å². The Balaban J connectivity index is 1.37. The third-order valence-electron chi connectivity index (χ3n) is 6.05. The Bertz CT molecular complexity index is 1280. The molecule has 0 saturated heterocycles. The first-order valence-electron chi connectivity index (χ1n) is 11.0. The Morgan fingerprint density at radius 3 is 2.88 bits per heavy atom. The molecular formula is C23H25N9. The van der Waals surface area contributed by atoms with Gasteiger partial charge in [0.1, 0.15) is 23.0 Å². The smallest absolute Gasteiger partial charge is 0.223 e. The lowest BCUT2D eigenvalue weighted by atomic mass is 9.91. The van der Waals surface area contributed by atoms with Gasteiger partial charge in [0.25, 0.3) is 0 Å². The molecule has 1 aliphatic carbocycles. The molecule has 4 aromatic heterocycles. The molecule has 0 bridgehead atoms. The van der Waals surface area contributed by atoms with Crippen LogP contribution in [0.3, 0.4) is 0 Å². The number of anilines is 1. The van der Waals surface area contributed by atoms with Crippen molar-refractivity contribution in [2.45, 2.75) is 57.7 Å². The van der Waals surface area contributed by atoms with Gasteiger partial charge in [-0.25, -0.2) is 24.9 Å². The van der Waals surface area contributed by atoms with Gasteiger partial charge >= 0.3 is 0 Å². The van der Waals surface area contributed by atoms with Crippen molar-refractivity contribution >= 4 is 17.1 Å². The molecule has 1 fully saturated rings. The van der Waals surface area contributed by atoms with E-state index in [0.717, 1.165) is 36.8 Å². The maximum absolute atomic E-state index is 9.54. The zero-order chi connectivity index (χ0) is 22.1. The molecule has 1 N–H and O–H groups in total. The fourth-order valence-corrected chi connectivity index (χ4v) is 4.33. The van der Waals surface area contributed by atoms with Crippen LogP contribution < -0.4 is 5.32 Å². The summed E-state index contributed by atoms with van der Waals surface area (Å²) in [7, 11) is 0. The molecule has 9 nitrogen and oxygen atoms in total. The summed E-state index contributed by atoms with van der Waals surface area (Å²) in [6, 6.07) is 6.92. The van der Waals surface area contributed by atoms with Crippen molar-refractivity contribution in [2.24, 2.45) is 0 Å². The molecule has 4 heterocycles. The number of imidazole rings is 2. The van der Waals surface area contributed by atoms with E-state index in [-0.39, 0.29) is 12.1 Å². The highest BCUT2D eigenvalue weighted by Gasteiger charge is 2.25. The number of pyridine rings is 1. The predicted molar refractivity (Wildman–Crippen MR) is 121 cm³/mol. The van der Waals surface area contributed by atoms with Crippen LogP contribution in [0.5, 0.6) is 0 Å². The number of aromatic nitrogens is 7. The van der Waals surface area contributed by atoms with E-state index in [2.05, 4.69) is 54.7 Å². The average molecular weight is 428 g/mol. The van der Waals surface area contributed by atoms with E-state index in [4.69, 9.17) is 0 Å². The number of hydrogen-bond donors (Lipinski definition) is 1. The van der Waals surface area contributed by atoms with Crippen molar-refractivity contribution in [3.05, 3.63) is 48.9 Å². The monoisotopic (exact) mass is 427 g/mol. The molecule has 0 radical (unpaired) electrons. The second-order valence-corrected chi connectivity index (χ2v) is 8.53. The predicted octanol–water partition coefficient (Wildman–Crippen LogP) is 4.13. The fourth-order valence-electron chi connectivity index (χ4n) is 4.33. The van der Waals surface area contributed by atoms with Crippen LogP contribution in [-0.2, 0) is 0 Å². The summed E-state index contributed by atoms with van der Waals surface area (Å²) in [5.74, 6) is 0.525. The summed E-state index contributed by atoms with van der Waals surface area (Å²) in [5, 5.41) is 13.0. The van der Waals surface area contributed by atoms with E-state index in [1.807, 2.05) is 35.4 Å². The first-order valence-corrected chi connectivity index (χ1v) is 11.0. The van der Waals surface area contributed by atoms with Gasteiger partial charge < -0.3 is 14.5 Å². The maximum atomic E-state index is 9.54. The minimum atomic E-state index is 0.226. The second-order valence-electron chi connectivity index (χ2n) is 8.53. The van der Waals surface area contributed by atoms with E-state index in [1.54, 1.807) is 12.5 Å². The van der Waals surface area contributed by atoms with E-state index in [1.165, 1.54) is 0 Å². The van der Waals surface area contributed by atoms with Gasteiger partial charge in [0.05, 0.1) is 24.4 Å². The van der Waals surface area contributed by atoms with Crippen molar-refractivity contribution < 1.29 is 0 Å². The average Bonchev–Trinajstić information content (AvgIpc) is 3.47. The largest absolute Gasteiger partial charge is 0.351 e.